The Bertz CT molecular complexity index is 1310. The number of hydrogen-bond donors (Lipinski definition) is 8. The summed E-state index contributed by atoms with van der Waals surface area (Å²) in [5, 5.41) is 57.6. The number of ether oxygens (including phenoxy) is 2. The molecule has 0 aromatic carbocycles. The minimum atomic E-state index is -1.09. The second-order valence-electron chi connectivity index (χ2n) is 13.1. The number of unbranched alkanes of at least 4 members (excludes halogenated alkanes) is 2. The molecule has 10 atom stereocenters. The first-order valence-corrected chi connectivity index (χ1v) is 16.8. The van der Waals surface area contributed by atoms with Gasteiger partial charge in [-0.3, -0.25) is 4.98 Å². The summed E-state index contributed by atoms with van der Waals surface area (Å²) in [6.45, 7) is 1.78. The second-order valence-corrected chi connectivity index (χ2v) is 13.1. The first-order chi connectivity index (χ1) is 23.1. The number of pyridine rings is 1. The number of nitrogens with two attached hydrogens (primary N) is 4. The molecule has 5 rings (SSSR count). The van der Waals surface area contributed by atoms with Crippen LogP contribution in [0.3, 0.4) is 0 Å². The fourth-order valence-electron chi connectivity index (χ4n) is 6.37. The predicted molar refractivity (Wildman–Crippen MR) is 173 cm³/mol. The van der Waals surface area contributed by atoms with Gasteiger partial charge in [0.1, 0.15) is 24.4 Å². The highest BCUT2D eigenvalue weighted by atomic mass is 16.5. The quantitative estimate of drug-likeness (QED) is 0.0720. The first-order valence-electron chi connectivity index (χ1n) is 16.8. The summed E-state index contributed by atoms with van der Waals surface area (Å²) in [5.41, 5.74) is 27.2. The van der Waals surface area contributed by atoms with E-state index in [-0.39, 0.29) is 0 Å². The van der Waals surface area contributed by atoms with Gasteiger partial charge in [0.05, 0.1) is 48.1 Å². The topological polar surface area (TPSA) is 278 Å². The normalized spacial score (nSPS) is 30.9. The van der Waals surface area contributed by atoms with E-state index < -0.39 is 60.8 Å². The van der Waals surface area contributed by atoms with Gasteiger partial charge in [0.15, 0.2) is 0 Å². The van der Waals surface area contributed by atoms with E-state index in [4.69, 9.17) is 37.4 Å². The van der Waals surface area contributed by atoms with Crippen molar-refractivity contribution in [2.45, 2.75) is 125 Å². The molecule has 0 radical (unpaired) electrons. The fraction of sp³-hybridized carbons (Fsp3) is 0.710. The van der Waals surface area contributed by atoms with Crippen LogP contribution in [-0.2, 0) is 35.4 Å². The van der Waals surface area contributed by atoms with Crippen molar-refractivity contribution in [2.24, 2.45) is 22.9 Å². The van der Waals surface area contributed by atoms with Crippen molar-refractivity contribution in [3.63, 3.8) is 0 Å². The molecule has 0 saturated heterocycles. The molecule has 48 heavy (non-hydrogen) atoms. The minimum Gasteiger partial charge on any atom is -0.389 e. The van der Waals surface area contributed by atoms with E-state index in [1.54, 1.807) is 9.36 Å². The molecule has 0 amide bonds. The van der Waals surface area contributed by atoms with Crippen LogP contribution in [0, 0.1) is 0 Å². The SMILES string of the molecule is N[C@@H]1C[C@H](N)[C@@H](OCCCCc2cn(Cc3cccc(Cn4cc(CCCCO[C@H]5[C@H](O)[C@@H](O)[C@H](N)C[C@@H]5N)nn4)n3)nn2)[C@H](O)[C@H]1O. The molecule has 17 nitrogen and oxygen atoms in total. The predicted octanol–water partition coefficient (Wildman–Crippen LogP) is -2.66. The van der Waals surface area contributed by atoms with E-state index in [1.165, 1.54) is 0 Å². The van der Waals surface area contributed by atoms with Crippen LogP contribution in [0.2, 0.25) is 0 Å². The maximum absolute atomic E-state index is 10.2. The van der Waals surface area contributed by atoms with Crippen molar-refractivity contribution in [1.82, 2.24) is 35.0 Å². The highest BCUT2D eigenvalue weighted by Gasteiger charge is 2.42. The Morgan fingerprint density at radius 2 is 1.04 bits per heavy atom. The molecule has 2 saturated carbocycles. The third kappa shape index (κ3) is 9.59. The molecule has 17 heteroatoms. The van der Waals surface area contributed by atoms with Crippen LogP contribution in [0.1, 0.15) is 61.3 Å². The van der Waals surface area contributed by atoms with Crippen molar-refractivity contribution in [3.05, 3.63) is 53.4 Å². The molecular formula is C31H51N11O6. The van der Waals surface area contributed by atoms with Gasteiger partial charge in [-0.05, 0) is 63.5 Å². The zero-order chi connectivity index (χ0) is 34.2. The van der Waals surface area contributed by atoms with Crippen LogP contribution in [0.15, 0.2) is 30.6 Å². The lowest BCUT2D eigenvalue weighted by Crippen LogP contribution is -2.62. The van der Waals surface area contributed by atoms with Crippen molar-refractivity contribution in [2.75, 3.05) is 13.2 Å². The van der Waals surface area contributed by atoms with Crippen LogP contribution < -0.4 is 22.9 Å². The highest BCUT2D eigenvalue weighted by Crippen LogP contribution is 2.22. The molecule has 2 fully saturated rings. The van der Waals surface area contributed by atoms with Gasteiger partial charge >= 0.3 is 0 Å². The molecule has 0 unspecified atom stereocenters. The van der Waals surface area contributed by atoms with Crippen molar-refractivity contribution in [3.8, 4) is 0 Å². The van der Waals surface area contributed by atoms with Gasteiger partial charge in [0.25, 0.3) is 0 Å². The zero-order valence-electron chi connectivity index (χ0n) is 27.2. The summed E-state index contributed by atoms with van der Waals surface area (Å²) in [6, 6.07) is 3.92. The lowest BCUT2D eigenvalue weighted by molar-refractivity contribution is -0.127. The molecular weight excluding hydrogens is 622 g/mol. The summed E-state index contributed by atoms with van der Waals surface area (Å²) in [6.07, 6.45) is 3.69. The molecule has 0 bridgehead atoms. The summed E-state index contributed by atoms with van der Waals surface area (Å²) in [4.78, 5) is 4.77. The Morgan fingerprint density at radius 1 is 0.604 bits per heavy atom. The Labute approximate surface area is 279 Å². The molecule has 266 valence electrons. The lowest BCUT2D eigenvalue weighted by atomic mass is 9.85. The summed E-state index contributed by atoms with van der Waals surface area (Å²) < 4.78 is 15.1. The van der Waals surface area contributed by atoms with Crippen LogP contribution in [0.25, 0.3) is 0 Å². The summed E-state index contributed by atoms with van der Waals surface area (Å²) in [7, 11) is 0. The Morgan fingerprint density at radius 3 is 1.48 bits per heavy atom. The van der Waals surface area contributed by atoms with Crippen LogP contribution in [0.5, 0.6) is 0 Å². The molecule has 2 aliphatic carbocycles. The molecule has 3 aromatic rings. The summed E-state index contributed by atoms with van der Waals surface area (Å²) in [5.74, 6) is 0. The van der Waals surface area contributed by atoms with Gasteiger partial charge in [0, 0.05) is 49.8 Å². The van der Waals surface area contributed by atoms with Crippen LogP contribution >= 0.6 is 0 Å². The van der Waals surface area contributed by atoms with Crippen molar-refractivity contribution >= 4 is 0 Å². The third-order valence-electron chi connectivity index (χ3n) is 9.14. The number of aromatic nitrogens is 7. The van der Waals surface area contributed by atoms with Crippen molar-refractivity contribution in [1.29, 1.82) is 0 Å². The number of aliphatic hydroxyl groups is 4. The van der Waals surface area contributed by atoms with Gasteiger partial charge in [-0.25, -0.2) is 9.36 Å². The smallest absolute Gasteiger partial charge is 0.109 e. The Hall–Kier alpha value is -2.97. The maximum atomic E-state index is 10.2. The largest absolute Gasteiger partial charge is 0.389 e. The summed E-state index contributed by atoms with van der Waals surface area (Å²) >= 11 is 0. The van der Waals surface area contributed by atoms with E-state index >= 15 is 0 Å². The average molecular weight is 674 g/mol. The molecule has 0 spiro atoms. The van der Waals surface area contributed by atoms with Crippen molar-refractivity contribution < 1.29 is 29.9 Å². The van der Waals surface area contributed by atoms with Gasteiger partial charge < -0.3 is 52.8 Å². The standard InChI is InChI=1S/C31H51N11O6/c32-22-12-24(34)30(28(45)26(22)43)47-10-3-1-6-20-16-41(39-37-20)14-18-8-5-9-19(36-18)15-42-17-21(38-40-42)7-2-4-11-48-31-25(35)13-23(33)27(44)29(31)46/h5,8-9,16-17,22-31,43-46H,1-4,6-7,10-15,32-35H2/t22-,23-,24+,25+,26+,27+,28-,29-,30-,31-/m1/s1. The molecule has 12 N–H and O–H groups in total. The Balaban J connectivity index is 0.992. The lowest BCUT2D eigenvalue weighted by Gasteiger charge is -2.39. The molecule has 2 aliphatic rings. The van der Waals surface area contributed by atoms with E-state index in [9.17, 15) is 20.4 Å². The Kier molecular flexibility index (Phi) is 12.9. The number of hydrogen-bond acceptors (Lipinski definition) is 15. The zero-order valence-corrected chi connectivity index (χ0v) is 27.2. The molecule has 0 aliphatic heterocycles. The fourth-order valence-corrected chi connectivity index (χ4v) is 6.37. The van der Waals surface area contributed by atoms with Gasteiger partial charge in [-0.15, -0.1) is 10.2 Å². The molecule has 3 heterocycles. The third-order valence-corrected chi connectivity index (χ3v) is 9.14. The number of nitrogens with zero attached hydrogens (tertiary/aromatic N) is 7. The average Bonchev–Trinajstić information content (AvgIpc) is 3.70. The second kappa shape index (κ2) is 17.1. The van der Waals surface area contributed by atoms with Gasteiger partial charge in [0.2, 0.25) is 0 Å². The number of aliphatic hydroxyl groups excluding tert-OH is 4. The maximum Gasteiger partial charge on any atom is 0.109 e. The van der Waals surface area contributed by atoms with E-state index in [0.29, 0.717) is 39.1 Å². The van der Waals surface area contributed by atoms with E-state index in [1.807, 2.05) is 30.6 Å². The minimum absolute atomic E-state index is 0.401. The van der Waals surface area contributed by atoms with Gasteiger partial charge in [-0.1, -0.05) is 16.5 Å². The molecule has 3 aromatic heterocycles. The highest BCUT2D eigenvalue weighted by molar-refractivity contribution is 5.12. The van der Waals surface area contributed by atoms with Gasteiger partial charge in [-0.2, -0.15) is 0 Å². The van der Waals surface area contributed by atoms with E-state index in [0.717, 1.165) is 61.3 Å². The number of aryl methyl sites for hydroxylation is 2. The monoisotopic (exact) mass is 673 g/mol. The number of rotatable bonds is 16. The first kappa shape index (κ1) is 36.3. The van der Waals surface area contributed by atoms with E-state index in [2.05, 4.69) is 20.6 Å². The van der Waals surface area contributed by atoms with Crippen LogP contribution in [-0.4, -0.2) is 129 Å². The van der Waals surface area contributed by atoms with Crippen LogP contribution in [0.4, 0.5) is 0 Å².